The summed E-state index contributed by atoms with van der Waals surface area (Å²) in [5.41, 5.74) is 2.03. The van der Waals surface area contributed by atoms with Crippen LogP contribution in [0, 0.1) is 5.92 Å². The molecule has 1 aliphatic heterocycles. The fourth-order valence-corrected chi connectivity index (χ4v) is 3.69. The Bertz CT molecular complexity index is 558. The fourth-order valence-electron chi connectivity index (χ4n) is 3.69. The second-order valence-corrected chi connectivity index (χ2v) is 7.30. The predicted molar refractivity (Wildman–Crippen MR) is 98.5 cm³/mol. The topological polar surface area (TPSA) is 50.8 Å². The lowest BCUT2D eigenvalue weighted by Gasteiger charge is -2.27. The average molecular weight is 346 g/mol. The van der Waals surface area contributed by atoms with Gasteiger partial charge in [0.1, 0.15) is 6.61 Å². The maximum atomic E-state index is 12.3. The lowest BCUT2D eigenvalue weighted by atomic mass is 9.89. The number of nitrogens with zero attached hydrogens (tertiary/aromatic N) is 1. The number of para-hydroxylation sites is 1. The van der Waals surface area contributed by atoms with Crippen LogP contribution in [-0.4, -0.2) is 49.8 Å². The van der Waals surface area contributed by atoms with Gasteiger partial charge in [-0.05, 0) is 30.4 Å². The van der Waals surface area contributed by atoms with E-state index in [1.165, 1.54) is 12.8 Å². The molecule has 0 bridgehead atoms. The van der Waals surface area contributed by atoms with E-state index < -0.39 is 0 Å². The maximum Gasteiger partial charge on any atom is 0.250 e. The molecule has 1 amide bonds. The van der Waals surface area contributed by atoms with Crippen LogP contribution >= 0.6 is 0 Å². The van der Waals surface area contributed by atoms with Gasteiger partial charge in [-0.25, -0.2) is 0 Å². The van der Waals surface area contributed by atoms with Crippen molar-refractivity contribution in [1.29, 1.82) is 0 Å². The number of carbonyl (C=O) groups is 1. The zero-order valence-corrected chi connectivity index (χ0v) is 15.2. The Kier molecular flexibility index (Phi) is 6.84. The Balaban J connectivity index is 1.50. The zero-order valence-electron chi connectivity index (χ0n) is 15.2. The number of carbonyl (C=O) groups excluding carboxylic acids is 1. The SMILES string of the molecule is C[C@H]1CCC[C@H](OCC(=O)Nc2ccccc2CN2CCOCC2)C1. The predicted octanol–water partition coefficient (Wildman–Crippen LogP) is 3.05. The smallest absolute Gasteiger partial charge is 0.250 e. The molecule has 0 aromatic heterocycles. The van der Waals surface area contributed by atoms with Crippen molar-refractivity contribution in [2.24, 2.45) is 5.92 Å². The van der Waals surface area contributed by atoms with Crippen molar-refractivity contribution in [2.75, 3.05) is 38.2 Å². The van der Waals surface area contributed by atoms with Crippen LogP contribution in [0.5, 0.6) is 0 Å². The summed E-state index contributed by atoms with van der Waals surface area (Å²) >= 11 is 0. The molecule has 0 unspecified atom stereocenters. The highest BCUT2D eigenvalue weighted by Gasteiger charge is 2.20. The minimum Gasteiger partial charge on any atom is -0.379 e. The van der Waals surface area contributed by atoms with Gasteiger partial charge in [-0.1, -0.05) is 38.0 Å². The Morgan fingerprint density at radius 3 is 2.88 bits per heavy atom. The van der Waals surface area contributed by atoms with Gasteiger partial charge in [0.25, 0.3) is 0 Å². The van der Waals surface area contributed by atoms with E-state index in [0.29, 0.717) is 5.92 Å². The van der Waals surface area contributed by atoms with Gasteiger partial charge in [0, 0.05) is 25.3 Å². The third-order valence-corrected chi connectivity index (χ3v) is 5.13. The molecule has 1 aromatic rings. The van der Waals surface area contributed by atoms with E-state index in [1.807, 2.05) is 18.2 Å². The number of hydrogen-bond donors (Lipinski definition) is 1. The Morgan fingerprint density at radius 2 is 2.08 bits per heavy atom. The number of nitrogens with one attached hydrogen (secondary N) is 1. The number of amides is 1. The largest absolute Gasteiger partial charge is 0.379 e. The molecule has 1 N–H and O–H groups in total. The van der Waals surface area contributed by atoms with Gasteiger partial charge in [-0.2, -0.15) is 0 Å². The lowest BCUT2D eigenvalue weighted by Crippen LogP contribution is -2.36. The molecule has 0 spiro atoms. The molecule has 25 heavy (non-hydrogen) atoms. The van der Waals surface area contributed by atoms with Gasteiger partial charge in [-0.15, -0.1) is 0 Å². The van der Waals surface area contributed by atoms with Crippen molar-refractivity contribution in [1.82, 2.24) is 4.90 Å². The highest BCUT2D eigenvalue weighted by Crippen LogP contribution is 2.25. The summed E-state index contributed by atoms with van der Waals surface area (Å²) in [6.07, 6.45) is 4.86. The third kappa shape index (κ3) is 5.80. The molecule has 1 heterocycles. The monoisotopic (exact) mass is 346 g/mol. The van der Waals surface area contributed by atoms with Crippen LogP contribution in [0.4, 0.5) is 5.69 Å². The highest BCUT2D eigenvalue weighted by atomic mass is 16.5. The van der Waals surface area contributed by atoms with E-state index in [1.54, 1.807) is 0 Å². The van der Waals surface area contributed by atoms with Gasteiger partial charge in [-0.3, -0.25) is 9.69 Å². The first-order valence-electron chi connectivity index (χ1n) is 9.50. The second-order valence-electron chi connectivity index (χ2n) is 7.30. The van der Waals surface area contributed by atoms with Crippen molar-refractivity contribution in [3.8, 4) is 0 Å². The molecule has 5 heteroatoms. The normalized spacial score (nSPS) is 24.8. The fraction of sp³-hybridized carbons (Fsp3) is 0.650. The van der Waals surface area contributed by atoms with Gasteiger partial charge < -0.3 is 14.8 Å². The number of benzene rings is 1. The van der Waals surface area contributed by atoms with Crippen molar-refractivity contribution in [3.05, 3.63) is 29.8 Å². The Labute approximate surface area is 150 Å². The molecule has 2 fully saturated rings. The van der Waals surface area contributed by atoms with Gasteiger partial charge in [0.05, 0.1) is 19.3 Å². The standard InChI is InChI=1S/C20H30N2O3/c1-16-5-4-7-18(13-16)25-15-20(23)21-19-8-3-2-6-17(19)14-22-9-11-24-12-10-22/h2-3,6,8,16,18H,4-5,7,9-15H2,1H3,(H,21,23)/t16-,18-/m0/s1. The number of ether oxygens (including phenoxy) is 2. The number of morpholine rings is 1. The van der Waals surface area contributed by atoms with Crippen LogP contribution in [-0.2, 0) is 20.8 Å². The van der Waals surface area contributed by atoms with Crippen LogP contribution in [0.25, 0.3) is 0 Å². The summed E-state index contributed by atoms with van der Waals surface area (Å²) in [6.45, 7) is 6.67. The van der Waals surface area contributed by atoms with Crippen molar-refractivity contribution in [3.63, 3.8) is 0 Å². The molecule has 3 rings (SSSR count). The molecule has 138 valence electrons. The van der Waals surface area contributed by atoms with E-state index in [0.717, 1.165) is 56.9 Å². The summed E-state index contributed by atoms with van der Waals surface area (Å²) in [6, 6.07) is 8.03. The highest BCUT2D eigenvalue weighted by molar-refractivity contribution is 5.92. The van der Waals surface area contributed by atoms with Gasteiger partial charge in [0.15, 0.2) is 0 Å². The molecular formula is C20H30N2O3. The van der Waals surface area contributed by atoms with Gasteiger partial charge in [0.2, 0.25) is 5.91 Å². The summed E-state index contributed by atoms with van der Waals surface area (Å²) in [4.78, 5) is 14.7. The van der Waals surface area contributed by atoms with Crippen LogP contribution < -0.4 is 5.32 Å². The molecule has 1 saturated carbocycles. The van der Waals surface area contributed by atoms with Crippen LogP contribution in [0.3, 0.4) is 0 Å². The average Bonchev–Trinajstić information content (AvgIpc) is 2.63. The zero-order chi connectivity index (χ0) is 17.5. The van der Waals surface area contributed by atoms with Crippen molar-refractivity contribution >= 4 is 11.6 Å². The van der Waals surface area contributed by atoms with Crippen LogP contribution in [0.2, 0.25) is 0 Å². The summed E-state index contributed by atoms with van der Waals surface area (Å²) in [7, 11) is 0. The first kappa shape index (κ1) is 18.4. The van der Waals surface area contributed by atoms with Crippen LogP contribution in [0.1, 0.15) is 38.2 Å². The Morgan fingerprint density at radius 1 is 1.28 bits per heavy atom. The molecule has 5 nitrogen and oxygen atoms in total. The number of anilines is 1. The third-order valence-electron chi connectivity index (χ3n) is 5.13. The number of rotatable bonds is 6. The van der Waals surface area contributed by atoms with Gasteiger partial charge >= 0.3 is 0 Å². The quantitative estimate of drug-likeness (QED) is 0.860. The first-order chi connectivity index (χ1) is 12.2. The maximum absolute atomic E-state index is 12.3. The lowest BCUT2D eigenvalue weighted by molar-refractivity contribution is -0.123. The second kappa shape index (κ2) is 9.32. The minimum absolute atomic E-state index is 0.0624. The molecule has 2 atom stereocenters. The molecular weight excluding hydrogens is 316 g/mol. The van der Waals surface area contributed by atoms with E-state index in [9.17, 15) is 4.79 Å². The molecule has 1 saturated heterocycles. The molecule has 1 aromatic carbocycles. The summed E-state index contributed by atoms with van der Waals surface area (Å²) < 4.78 is 11.2. The first-order valence-corrected chi connectivity index (χ1v) is 9.50. The molecule has 2 aliphatic rings. The summed E-state index contributed by atoms with van der Waals surface area (Å²) in [5.74, 6) is 0.642. The number of hydrogen-bond acceptors (Lipinski definition) is 4. The summed E-state index contributed by atoms with van der Waals surface area (Å²) in [5, 5.41) is 3.03. The van der Waals surface area contributed by atoms with E-state index in [4.69, 9.17) is 9.47 Å². The minimum atomic E-state index is -0.0624. The van der Waals surface area contributed by atoms with E-state index >= 15 is 0 Å². The molecule has 0 radical (unpaired) electrons. The Hall–Kier alpha value is -1.43. The van der Waals surface area contributed by atoms with Crippen molar-refractivity contribution < 1.29 is 14.3 Å². The van der Waals surface area contributed by atoms with Crippen LogP contribution in [0.15, 0.2) is 24.3 Å². The van der Waals surface area contributed by atoms with E-state index in [2.05, 4.69) is 23.2 Å². The van der Waals surface area contributed by atoms with Crippen molar-refractivity contribution in [2.45, 2.75) is 45.3 Å². The van der Waals surface area contributed by atoms with E-state index in [-0.39, 0.29) is 18.6 Å². The molecule has 1 aliphatic carbocycles.